The highest BCUT2D eigenvalue weighted by Gasteiger charge is 2.40. The van der Waals surface area contributed by atoms with Gasteiger partial charge in [0.25, 0.3) is 0 Å². The Morgan fingerprint density at radius 1 is 1.00 bits per heavy atom. The monoisotopic (exact) mass is 211 g/mol. The predicted octanol–water partition coefficient (Wildman–Crippen LogP) is 2.53. The maximum Gasteiger partial charge on any atom is 0.0622 e. The van der Waals surface area contributed by atoms with Crippen LogP contribution in [0.15, 0.2) is 0 Å². The molecular weight excluding hydrogens is 186 g/mol. The van der Waals surface area contributed by atoms with Crippen molar-refractivity contribution in [2.24, 2.45) is 11.8 Å². The largest absolute Gasteiger partial charge is 0.378 e. The summed E-state index contributed by atoms with van der Waals surface area (Å²) < 4.78 is 5.70. The minimum absolute atomic E-state index is 0.678. The minimum atomic E-state index is 0.678. The van der Waals surface area contributed by atoms with Crippen LogP contribution in [0.1, 0.15) is 40.5 Å². The minimum Gasteiger partial charge on any atom is -0.378 e. The number of hydrogen-bond donors (Lipinski definition) is 0. The molecule has 0 N–H and O–H groups in total. The van der Waals surface area contributed by atoms with Gasteiger partial charge in [-0.3, -0.25) is 4.90 Å². The van der Waals surface area contributed by atoms with E-state index in [1.807, 2.05) is 0 Å². The average molecular weight is 211 g/mol. The van der Waals surface area contributed by atoms with Crippen molar-refractivity contribution < 1.29 is 4.74 Å². The molecule has 0 aromatic carbocycles. The van der Waals surface area contributed by atoms with Gasteiger partial charge in [-0.2, -0.15) is 0 Å². The number of morpholine rings is 1. The molecule has 2 heterocycles. The summed E-state index contributed by atoms with van der Waals surface area (Å²) in [7, 11) is 0. The van der Waals surface area contributed by atoms with Crippen molar-refractivity contribution in [2.75, 3.05) is 13.2 Å². The Kier molecular flexibility index (Phi) is 3.36. The van der Waals surface area contributed by atoms with Crippen molar-refractivity contribution in [2.45, 2.75) is 58.7 Å². The van der Waals surface area contributed by atoms with Crippen molar-refractivity contribution >= 4 is 0 Å². The smallest absolute Gasteiger partial charge is 0.0622 e. The van der Waals surface area contributed by atoms with Gasteiger partial charge in [0.05, 0.1) is 13.2 Å². The van der Waals surface area contributed by atoms with Crippen LogP contribution in [-0.2, 0) is 4.74 Å². The van der Waals surface area contributed by atoms with Crippen molar-refractivity contribution in [1.82, 2.24) is 4.90 Å². The molecule has 0 saturated carbocycles. The molecule has 0 radical (unpaired) electrons. The lowest BCUT2D eigenvalue weighted by Crippen LogP contribution is -2.59. The van der Waals surface area contributed by atoms with Gasteiger partial charge >= 0.3 is 0 Å². The molecule has 0 amide bonds. The van der Waals surface area contributed by atoms with Gasteiger partial charge in [-0.1, -0.05) is 13.8 Å². The second-order valence-electron chi connectivity index (χ2n) is 5.86. The van der Waals surface area contributed by atoms with E-state index in [4.69, 9.17) is 4.74 Å². The summed E-state index contributed by atoms with van der Waals surface area (Å²) in [5.41, 5.74) is 0. The molecule has 2 fully saturated rings. The summed E-state index contributed by atoms with van der Waals surface area (Å²) >= 11 is 0. The molecule has 2 nitrogen and oxygen atoms in total. The zero-order chi connectivity index (χ0) is 11.0. The number of piperidine rings is 1. The Hall–Kier alpha value is -0.0800. The third-order valence-electron chi connectivity index (χ3n) is 4.15. The zero-order valence-corrected chi connectivity index (χ0v) is 10.6. The highest BCUT2D eigenvalue weighted by atomic mass is 16.5. The first-order chi connectivity index (χ1) is 7.09. The Labute approximate surface area is 94.0 Å². The fourth-order valence-electron chi connectivity index (χ4n) is 3.37. The number of hydrogen-bond acceptors (Lipinski definition) is 2. The molecule has 2 rings (SSSR count). The molecule has 2 bridgehead atoms. The van der Waals surface area contributed by atoms with Crippen molar-refractivity contribution in [1.29, 1.82) is 0 Å². The van der Waals surface area contributed by atoms with Gasteiger partial charge in [0.1, 0.15) is 0 Å². The van der Waals surface area contributed by atoms with Gasteiger partial charge < -0.3 is 4.74 Å². The van der Waals surface area contributed by atoms with Gasteiger partial charge in [-0.25, -0.2) is 0 Å². The predicted molar refractivity (Wildman–Crippen MR) is 62.9 cm³/mol. The topological polar surface area (TPSA) is 12.5 Å². The molecule has 1 unspecified atom stereocenters. The standard InChI is InChI=1S/C13H25NO/c1-9(2)11-5-12-7-15-8-13(6-11)14(12)10(3)4/h9-13H,5-8H2,1-4H3/t11?,12-,13+. The van der Waals surface area contributed by atoms with Gasteiger partial charge in [0.2, 0.25) is 0 Å². The van der Waals surface area contributed by atoms with Gasteiger partial charge in [0.15, 0.2) is 0 Å². The van der Waals surface area contributed by atoms with E-state index in [2.05, 4.69) is 32.6 Å². The Morgan fingerprint density at radius 3 is 1.93 bits per heavy atom. The molecular formula is C13H25NO. The van der Waals surface area contributed by atoms with Gasteiger partial charge in [0, 0.05) is 18.1 Å². The lowest BCUT2D eigenvalue weighted by Gasteiger charge is -2.51. The SMILES string of the molecule is CC(C)C1C[C@H]2COC[C@@H](C1)N2C(C)C. The molecule has 0 aromatic heterocycles. The Bertz CT molecular complexity index is 201. The maximum atomic E-state index is 5.70. The highest BCUT2D eigenvalue weighted by Crippen LogP contribution is 2.36. The summed E-state index contributed by atoms with van der Waals surface area (Å²) in [6, 6.07) is 2.05. The second-order valence-corrected chi connectivity index (χ2v) is 5.86. The third-order valence-corrected chi connectivity index (χ3v) is 4.15. The number of rotatable bonds is 2. The molecule has 2 heteroatoms. The normalized spacial score (nSPS) is 37.6. The van der Waals surface area contributed by atoms with E-state index in [-0.39, 0.29) is 0 Å². The molecule has 0 aromatic rings. The van der Waals surface area contributed by atoms with Crippen LogP contribution >= 0.6 is 0 Å². The molecule has 2 saturated heterocycles. The van der Waals surface area contributed by atoms with Crippen LogP contribution in [0.3, 0.4) is 0 Å². The molecule has 2 aliphatic heterocycles. The van der Waals surface area contributed by atoms with Crippen LogP contribution in [0.5, 0.6) is 0 Å². The van der Waals surface area contributed by atoms with Crippen molar-refractivity contribution in [3.8, 4) is 0 Å². The third kappa shape index (κ3) is 2.21. The van der Waals surface area contributed by atoms with E-state index in [0.29, 0.717) is 18.1 Å². The first kappa shape index (κ1) is 11.4. The van der Waals surface area contributed by atoms with E-state index >= 15 is 0 Å². The molecule has 88 valence electrons. The maximum absolute atomic E-state index is 5.70. The van der Waals surface area contributed by atoms with Crippen LogP contribution in [0.25, 0.3) is 0 Å². The lowest BCUT2D eigenvalue weighted by molar-refractivity contribution is -0.106. The molecule has 15 heavy (non-hydrogen) atoms. The first-order valence-electron chi connectivity index (χ1n) is 6.44. The summed E-state index contributed by atoms with van der Waals surface area (Å²) in [4.78, 5) is 2.70. The second kappa shape index (κ2) is 4.42. The van der Waals surface area contributed by atoms with Crippen LogP contribution in [0.4, 0.5) is 0 Å². The fourth-order valence-corrected chi connectivity index (χ4v) is 3.37. The fraction of sp³-hybridized carbons (Fsp3) is 1.00. The van der Waals surface area contributed by atoms with Crippen LogP contribution in [0, 0.1) is 11.8 Å². The summed E-state index contributed by atoms with van der Waals surface area (Å²) in [5.74, 6) is 1.75. The molecule has 0 aliphatic carbocycles. The van der Waals surface area contributed by atoms with Crippen molar-refractivity contribution in [3.63, 3.8) is 0 Å². The van der Waals surface area contributed by atoms with E-state index in [0.717, 1.165) is 25.0 Å². The summed E-state index contributed by atoms with van der Waals surface area (Å²) in [5, 5.41) is 0. The Balaban J connectivity index is 2.08. The number of nitrogens with zero attached hydrogens (tertiary/aromatic N) is 1. The van der Waals surface area contributed by atoms with E-state index in [1.165, 1.54) is 12.8 Å². The molecule has 2 aliphatic rings. The molecule has 3 atom stereocenters. The summed E-state index contributed by atoms with van der Waals surface area (Å²) in [6.45, 7) is 11.3. The van der Waals surface area contributed by atoms with E-state index in [9.17, 15) is 0 Å². The first-order valence-corrected chi connectivity index (χ1v) is 6.44. The van der Waals surface area contributed by atoms with Crippen LogP contribution in [-0.4, -0.2) is 36.2 Å². The van der Waals surface area contributed by atoms with Gasteiger partial charge in [-0.05, 0) is 38.5 Å². The number of fused-ring (bicyclic) bond motifs is 2. The van der Waals surface area contributed by atoms with Crippen LogP contribution < -0.4 is 0 Å². The van der Waals surface area contributed by atoms with E-state index < -0.39 is 0 Å². The lowest BCUT2D eigenvalue weighted by atomic mass is 9.78. The van der Waals surface area contributed by atoms with Gasteiger partial charge in [-0.15, -0.1) is 0 Å². The quantitative estimate of drug-likeness (QED) is 0.696. The highest BCUT2D eigenvalue weighted by molar-refractivity contribution is 4.93. The number of ether oxygens (including phenoxy) is 1. The van der Waals surface area contributed by atoms with E-state index in [1.54, 1.807) is 0 Å². The van der Waals surface area contributed by atoms with Crippen LogP contribution in [0.2, 0.25) is 0 Å². The molecule has 0 spiro atoms. The average Bonchev–Trinajstić information content (AvgIpc) is 2.15. The Morgan fingerprint density at radius 2 is 1.53 bits per heavy atom. The zero-order valence-electron chi connectivity index (χ0n) is 10.6. The summed E-state index contributed by atoms with van der Waals surface area (Å²) in [6.07, 6.45) is 2.68. The van der Waals surface area contributed by atoms with Crippen molar-refractivity contribution in [3.05, 3.63) is 0 Å².